The summed E-state index contributed by atoms with van der Waals surface area (Å²) in [5.41, 5.74) is 1.09. The third kappa shape index (κ3) is 2.60. The van der Waals surface area contributed by atoms with Crippen LogP contribution in [0.15, 0.2) is 36.0 Å². The van der Waals surface area contributed by atoms with Gasteiger partial charge in [-0.2, -0.15) is 0 Å². The van der Waals surface area contributed by atoms with Gasteiger partial charge in [0.05, 0.1) is 0 Å². The lowest BCUT2D eigenvalue weighted by Crippen LogP contribution is -2.32. The summed E-state index contributed by atoms with van der Waals surface area (Å²) >= 11 is 0. The molecule has 0 aliphatic carbocycles. The third-order valence-electron chi connectivity index (χ3n) is 2.60. The number of carboxylic acids is 1. The molecule has 0 saturated carbocycles. The largest absolute Gasteiger partial charge is 0.508 e. The molecule has 1 aliphatic heterocycles. The Morgan fingerprint density at radius 2 is 2.06 bits per heavy atom. The molecular weight excluding hydrogens is 236 g/mol. The number of carbonyl (C=O) groups excluding carboxylic acids is 1. The Morgan fingerprint density at radius 1 is 1.39 bits per heavy atom. The second kappa shape index (κ2) is 4.79. The molecule has 6 heteroatoms. The van der Waals surface area contributed by atoms with Crippen LogP contribution in [0.4, 0.5) is 5.69 Å². The quantitative estimate of drug-likeness (QED) is 0.465. The monoisotopic (exact) mass is 248 g/mol. The van der Waals surface area contributed by atoms with Crippen molar-refractivity contribution in [1.82, 2.24) is 5.32 Å². The van der Waals surface area contributed by atoms with Crippen LogP contribution in [0.5, 0.6) is 5.75 Å². The molecule has 1 saturated heterocycles. The zero-order chi connectivity index (χ0) is 13.1. The first-order valence-electron chi connectivity index (χ1n) is 5.34. The predicted molar refractivity (Wildman–Crippen MR) is 64.0 cm³/mol. The maximum Gasteiger partial charge on any atom is 0.326 e. The lowest BCUT2D eigenvalue weighted by atomic mass is 10.1. The molecule has 0 spiro atoms. The number of aromatic hydroxyl groups is 1. The lowest BCUT2D eigenvalue weighted by molar-refractivity contribution is -0.140. The van der Waals surface area contributed by atoms with Gasteiger partial charge in [-0.05, 0) is 24.3 Å². The van der Waals surface area contributed by atoms with Crippen molar-refractivity contribution in [3.63, 3.8) is 0 Å². The highest BCUT2D eigenvalue weighted by Gasteiger charge is 2.31. The van der Waals surface area contributed by atoms with E-state index in [1.54, 1.807) is 12.1 Å². The van der Waals surface area contributed by atoms with Crippen LogP contribution in [-0.4, -0.2) is 28.1 Å². The number of nitrogens with one attached hydrogen (secondary N) is 2. The summed E-state index contributed by atoms with van der Waals surface area (Å²) in [6, 6.07) is 5.46. The molecule has 94 valence electrons. The van der Waals surface area contributed by atoms with Crippen molar-refractivity contribution in [1.29, 1.82) is 0 Å². The van der Waals surface area contributed by atoms with Crippen molar-refractivity contribution in [3.8, 4) is 5.75 Å². The molecule has 1 atom stereocenters. The Kier molecular flexibility index (Phi) is 3.18. The van der Waals surface area contributed by atoms with E-state index in [4.69, 9.17) is 10.2 Å². The van der Waals surface area contributed by atoms with Crippen molar-refractivity contribution < 1.29 is 19.8 Å². The van der Waals surface area contributed by atoms with Crippen LogP contribution in [0.1, 0.15) is 6.42 Å². The average molecular weight is 248 g/mol. The molecule has 0 unspecified atom stereocenters. The van der Waals surface area contributed by atoms with Crippen molar-refractivity contribution in [2.75, 3.05) is 5.32 Å². The first kappa shape index (κ1) is 12.0. The van der Waals surface area contributed by atoms with Gasteiger partial charge in [0.1, 0.15) is 11.8 Å². The Bertz CT molecular complexity index is 507. The summed E-state index contributed by atoms with van der Waals surface area (Å²) in [4.78, 5) is 22.2. The molecule has 1 fully saturated rings. The van der Waals surface area contributed by atoms with E-state index in [1.807, 2.05) is 0 Å². The number of amides is 1. The Morgan fingerprint density at radius 3 is 2.61 bits per heavy atom. The van der Waals surface area contributed by atoms with Crippen molar-refractivity contribution in [3.05, 3.63) is 36.0 Å². The van der Waals surface area contributed by atoms with Gasteiger partial charge in [0.2, 0.25) is 5.91 Å². The molecule has 1 aromatic carbocycles. The van der Waals surface area contributed by atoms with E-state index < -0.39 is 12.0 Å². The van der Waals surface area contributed by atoms with Gasteiger partial charge in [-0.3, -0.25) is 4.79 Å². The normalized spacial score (nSPS) is 20.8. The van der Waals surface area contributed by atoms with Crippen molar-refractivity contribution in [2.45, 2.75) is 12.5 Å². The van der Waals surface area contributed by atoms with E-state index in [-0.39, 0.29) is 18.1 Å². The van der Waals surface area contributed by atoms with Gasteiger partial charge in [0.25, 0.3) is 0 Å². The van der Waals surface area contributed by atoms with E-state index in [9.17, 15) is 9.59 Å². The molecule has 2 rings (SSSR count). The van der Waals surface area contributed by atoms with Crippen LogP contribution in [0.3, 0.4) is 0 Å². The summed E-state index contributed by atoms with van der Waals surface area (Å²) in [6.07, 6.45) is 1.63. The van der Waals surface area contributed by atoms with E-state index in [0.717, 1.165) is 0 Å². The number of phenols is 1. The summed E-state index contributed by atoms with van der Waals surface area (Å²) in [5, 5.41) is 23.1. The van der Waals surface area contributed by atoms with Crippen LogP contribution in [0.25, 0.3) is 0 Å². The van der Waals surface area contributed by atoms with Gasteiger partial charge in [-0.15, -0.1) is 0 Å². The van der Waals surface area contributed by atoms with E-state index in [1.165, 1.54) is 18.3 Å². The summed E-state index contributed by atoms with van der Waals surface area (Å²) in [6.45, 7) is 0. The average Bonchev–Trinajstić information content (AvgIpc) is 2.70. The predicted octanol–water partition coefficient (Wildman–Crippen LogP) is 0.661. The SMILES string of the molecule is O=C1N[C@H](C(=O)O)C/C1=C\Nc1ccc(O)cc1. The van der Waals surface area contributed by atoms with Crippen molar-refractivity contribution in [2.24, 2.45) is 0 Å². The van der Waals surface area contributed by atoms with Crippen molar-refractivity contribution >= 4 is 17.6 Å². The Hall–Kier alpha value is -2.50. The van der Waals surface area contributed by atoms with E-state index in [0.29, 0.717) is 11.3 Å². The number of benzene rings is 1. The molecule has 0 radical (unpaired) electrons. The number of hydrogen-bond donors (Lipinski definition) is 4. The zero-order valence-corrected chi connectivity index (χ0v) is 9.38. The Labute approximate surface area is 103 Å². The van der Waals surface area contributed by atoms with E-state index in [2.05, 4.69) is 10.6 Å². The van der Waals surface area contributed by atoms with Gasteiger partial charge < -0.3 is 20.8 Å². The zero-order valence-electron chi connectivity index (χ0n) is 9.38. The lowest BCUT2D eigenvalue weighted by Gasteiger charge is -2.01. The van der Waals surface area contributed by atoms with Gasteiger partial charge in [0.15, 0.2) is 0 Å². The van der Waals surface area contributed by atoms with Crippen LogP contribution in [0.2, 0.25) is 0 Å². The molecule has 1 aliphatic rings. The topological polar surface area (TPSA) is 98.7 Å². The van der Waals surface area contributed by atoms with Gasteiger partial charge in [0, 0.05) is 23.9 Å². The first-order valence-corrected chi connectivity index (χ1v) is 5.34. The smallest absolute Gasteiger partial charge is 0.326 e. The molecule has 4 N–H and O–H groups in total. The highest BCUT2D eigenvalue weighted by molar-refractivity contribution is 6.00. The fourth-order valence-electron chi connectivity index (χ4n) is 1.62. The number of phenolic OH excluding ortho intramolecular Hbond substituents is 1. The maximum absolute atomic E-state index is 11.4. The number of hydrogen-bond acceptors (Lipinski definition) is 4. The second-order valence-electron chi connectivity index (χ2n) is 3.93. The molecule has 18 heavy (non-hydrogen) atoms. The fraction of sp³-hybridized carbons (Fsp3) is 0.167. The molecule has 1 heterocycles. The highest BCUT2D eigenvalue weighted by atomic mass is 16.4. The Balaban J connectivity index is 2.04. The number of rotatable bonds is 3. The summed E-state index contributed by atoms with van der Waals surface area (Å²) in [5.74, 6) is -1.28. The second-order valence-corrected chi connectivity index (χ2v) is 3.93. The molecule has 0 bridgehead atoms. The van der Waals surface area contributed by atoms with Crippen LogP contribution in [-0.2, 0) is 9.59 Å². The van der Waals surface area contributed by atoms with Gasteiger partial charge >= 0.3 is 5.97 Å². The molecule has 1 amide bonds. The third-order valence-corrected chi connectivity index (χ3v) is 2.60. The van der Waals surface area contributed by atoms with Crippen LogP contribution in [0, 0.1) is 0 Å². The molecule has 1 aromatic rings. The van der Waals surface area contributed by atoms with Crippen LogP contribution < -0.4 is 10.6 Å². The fourth-order valence-corrected chi connectivity index (χ4v) is 1.62. The van der Waals surface area contributed by atoms with Gasteiger partial charge in [-0.1, -0.05) is 0 Å². The molecule has 6 nitrogen and oxygen atoms in total. The molecular formula is C12H12N2O4. The minimum atomic E-state index is -1.05. The molecule has 0 aromatic heterocycles. The maximum atomic E-state index is 11.4. The number of carbonyl (C=O) groups is 2. The van der Waals surface area contributed by atoms with Gasteiger partial charge in [-0.25, -0.2) is 4.79 Å². The highest BCUT2D eigenvalue weighted by Crippen LogP contribution is 2.17. The van der Waals surface area contributed by atoms with Crippen LogP contribution >= 0.6 is 0 Å². The number of aliphatic carboxylic acids is 1. The summed E-state index contributed by atoms with van der Waals surface area (Å²) < 4.78 is 0. The number of carboxylic acid groups (broad SMARTS) is 1. The first-order chi connectivity index (χ1) is 8.56. The van der Waals surface area contributed by atoms with E-state index >= 15 is 0 Å². The minimum absolute atomic E-state index is 0.151. The standard InChI is InChI=1S/C12H12N2O4/c15-9-3-1-8(2-4-9)13-6-7-5-10(12(17)18)14-11(7)16/h1-4,6,10,13,15H,5H2,(H,14,16)(H,17,18)/b7-6+/t10-/m0/s1. The summed E-state index contributed by atoms with van der Waals surface area (Å²) in [7, 11) is 0. The minimum Gasteiger partial charge on any atom is -0.508 e. The number of anilines is 1.